The third kappa shape index (κ3) is 3.50. The second-order valence-electron chi connectivity index (χ2n) is 3.61. The van der Waals surface area contributed by atoms with Gasteiger partial charge < -0.3 is 9.68 Å². The fourth-order valence-electron chi connectivity index (χ4n) is 1.45. The molecule has 0 amide bonds. The average molecular weight is 224 g/mol. The average Bonchev–Trinajstić information content (AvgIpc) is 2.41. The van der Waals surface area contributed by atoms with Crippen molar-refractivity contribution in [2.45, 2.75) is 0 Å². The van der Waals surface area contributed by atoms with Crippen LogP contribution in [0, 0.1) is 0 Å². The number of rotatable bonds is 4. The van der Waals surface area contributed by atoms with Gasteiger partial charge in [-0.15, -0.1) is 0 Å². The molecule has 3 heteroatoms. The van der Waals surface area contributed by atoms with Crippen molar-refractivity contribution in [3.8, 4) is 0 Å². The van der Waals surface area contributed by atoms with Gasteiger partial charge in [-0.1, -0.05) is 60.7 Å². The Morgan fingerprint density at radius 3 is 2.12 bits per heavy atom. The zero-order valence-corrected chi connectivity index (χ0v) is 9.36. The molecule has 2 aromatic rings. The van der Waals surface area contributed by atoms with Gasteiger partial charge in [-0.05, 0) is 17.1 Å². The van der Waals surface area contributed by atoms with E-state index >= 15 is 0 Å². The fraction of sp³-hybridized carbons (Fsp3) is 0. The summed E-state index contributed by atoms with van der Waals surface area (Å²) in [5, 5.41) is 9.73. The first kappa shape index (κ1) is 11.5. The summed E-state index contributed by atoms with van der Waals surface area (Å²) in [7, 11) is -0.920. The van der Waals surface area contributed by atoms with Crippen LogP contribution in [0.1, 0.15) is 5.56 Å². The van der Waals surface area contributed by atoms with Gasteiger partial charge >= 0.3 is 7.12 Å². The molecule has 2 aromatic carbocycles. The summed E-state index contributed by atoms with van der Waals surface area (Å²) in [4.78, 5) is 0. The van der Waals surface area contributed by atoms with Crippen LogP contribution in [-0.2, 0) is 4.65 Å². The van der Waals surface area contributed by atoms with Crippen LogP contribution in [0.2, 0.25) is 0 Å². The van der Waals surface area contributed by atoms with E-state index in [0.717, 1.165) is 11.0 Å². The Bertz CT molecular complexity index is 468. The zero-order chi connectivity index (χ0) is 11.9. The SMILES string of the molecule is OB(OC=Cc1ccccc1)c1ccccc1. The molecule has 17 heavy (non-hydrogen) atoms. The summed E-state index contributed by atoms with van der Waals surface area (Å²) in [5.74, 6) is 0. The Morgan fingerprint density at radius 1 is 0.882 bits per heavy atom. The molecule has 0 radical (unpaired) electrons. The lowest BCUT2D eigenvalue weighted by Gasteiger charge is -2.04. The first-order valence-electron chi connectivity index (χ1n) is 5.46. The third-order valence-electron chi connectivity index (χ3n) is 2.35. The highest BCUT2D eigenvalue weighted by Gasteiger charge is 2.15. The predicted octanol–water partition coefficient (Wildman–Crippen LogP) is 2.06. The van der Waals surface area contributed by atoms with Gasteiger partial charge in [0, 0.05) is 0 Å². The van der Waals surface area contributed by atoms with Crippen molar-refractivity contribution in [3.63, 3.8) is 0 Å². The quantitative estimate of drug-likeness (QED) is 0.636. The van der Waals surface area contributed by atoms with Crippen molar-refractivity contribution in [2.24, 2.45) is 0 Å². The molecule has 1 N–H and O–H groups in total. The van der Waals surface area contributed by atoms with E-state index in [1.54, 1.807) is 0 Å². The van der Waals surface area contributed by atoms with E-state index in [2.05, 4.69) is 0 Å². The lowest BCUT2D eigenvalue weighted by Crippen LogP contribution is -2.31. The summed E-state index contributed by atoms with van der Waals surface area (Å²) < 4.78 is 5.21. The van der Waals surface area contributed by atoms with Crippen molar-refractivity contribution in [1.82, 2.24) is 0 Å². The smallest absolute Gasteiger partial charge is 0.538 e. The van der Waals surface area contributed by atoms with Gasteiger partial charge in [0.15, 0.2) is 0 Å². The predicted molar refractivity (Wildman–Crippen MR) is 70.6 cm³/mol. The van der Waals surface area contributed by atoms with Crippen molar-refractivity contribution in [1.29, 1.82) is 0 Å². The Kier molecular flexibility index (Phi) is 4.00. The van der Waals surface area contributed by atoms with E-state index in [9.17, 15) is 5.02 Å². The first-order valence-corrected chi connectivity index (χ1v) is 5.46. The molecule has 0 saturated carbocycles. The van der Waals surface area contributed by atoms with E-state index < -0.39 is 7.12 Å². The van der Waals surface area contributed by atoms with Gasteiger partial charge in [-0.25, -0.2) is 0 Å². The second kappa shape index (κ2) is 5.92. The standard InChI is InChI=1S/C14H13BO2/c16-15(14-9-5-2-6-10-14)17-12-11-13-7-3-1-4-8-13/h1-12,16H. The van der Waals surface area contributed by atoms with Crippen LogP contribution in [-0.4, -0.2) is 12.1 Å². The molecule has 0 heterocycles. The van der Waals surface area contributed by atoms with Crippen molar-refractivity contribution in [3.05, 3.63) is 72.5 Å². The van der Waals surface area contributed by atoms with Gasteiger partial charge in [0.05, 0.1) is 6.26 Å². The molecule has 2 nitrogen and oxygen atoms in total. The van der Waals surface area contributed by atoms with Crippen LogP contribution in [0.25, 0.3) is 6.08 Å². The highest BCUT2D eigenvalue weighted by Crippen LogP contribution is 2.01. The number of benzene rings is 2. The number of hydrogen-bond donors (Lipinski definition) is 1. The van der Waals surface area contributed by atoms with Gasteiger partial charge in [-0.2, -0.15) is 0 Å². The second-order valence-corrected chi connectivity index (χ2v) is 3.61. The van der Waals surface area contributed by atoms with Crippen molar-refractivity contribution >= 4 is 18.7 Å². The Labute approximate surface area is 101 Å². The third-order valence-corrected chi connectivity index (χ3v) is 2.35. The Balaban J connectivity index is 1.93. The van der Waals surface area contributed by atoms with Crippen molar-refractivity contribution in [2.75, 3.05) is 0 Å². The van der Waals surface area contributed by atoms with Crippen LogP contribution >= 0.6 is 0 Å². The maximum atomic E-state index is 9.73. The van der Waals surface area contributed by atoms with E-state index in [0.29, 0.717) is 0 Å². The van der Waals surface area contributed by atoms with Gasteiger partial charge in [0.25, 0.3) is 0 Å². The van der Waals surface area contributed by atoms with Gasteiger partial charge in [0.2, 0.25) is 0 Å². The first-order chi connectivity index (χ1) is 8.36. The molecule has 0 spiro atoms. The molecule has 0 bridgehead atoms. The van der Waals surface area contributed by atoms with Crippen LogP contribution in [0.4, 0.5) is 0 Å². The van der Waals surface area contributed by atoms with Crippen LogP contribution < -0.4 is 5.46 Å². The maximum Gasteiger partial charge on any atom is 0.559 e. The minimum absolute atomic E-state index is 0.741. The Morgan fingerprint density at radius 2 is 1.47 bits per heavy atom. The van der Waals surface area contributed by atoms with E-state index in [1.165, 1.54) is 6.26 Å². The minimum atomic E-state index is -0.920. The lowest BCUT2D eigenvalue weighted by molar-refractivity contribution is 0.388. The van der Waals surface area contributed by atoms with E-state index in [4.69, 9.17) is 4.65 Å². The fourth-order valence-corrected chi connectivity index (χ4v) is 1.45. The molecule has 0 unspecified atom stereocenters. The highest BCUT2D eigenvalue weighted by atomic mass is 16.5. The molecule has 0 aliphatic carbocycles. The van der Waals surface area contributed by atoms with Crippen LogP contribution in [0.15, 0.2) is 66.9 Å². The molecule has 0 atom stereocenters. The molecule has 0 saturated heterocycles. The maximum absolute atomic E-state index is 9.73. The summed E-state index contributed by atoms with van der Waals surface area (Å²) in [5.41, 5.74) is 1.78. The van der Waals surface area contributed by atoms with E-state index in [-0.39, 0.29) is 0 Å². The molecular formula is C14H13BO2. The minimum Gasteiger partial charge on any atom is -0.538 e. The van der Waals surface area contributed by atoms with Crippen LogP contribution in [0.3, 0.4) is 0 Å². The number of hydrogen-bond acceptors (Lipinski definition) is 2. The molecule has 0 fully saturated rings. The largest absolute Gasteiger partial charge is 0.559 e. The summed E-state index contributed by atoms with van der Waals surface area (Å²) in [6.07, 6.45) is 3.32. The Hall–Kier alpha value is -2.00. The topological polar surface area (TPSA) is 29.5 Å². The normalized spacial score (nSPS) is 10.4. The molecule has 84 valence electrons. The lowest BCUT2D eigenvalue weighted by atomic mass is 9.80. The van der Waals surface area contributed by atoms with Gasteiger partial charge in [-0.3, -0.25) is 0 Å². The summed E-state index contributed by atoms with van der Waals surface area (Å²) in [6.45, 7) is 0. The molecule has 0 aliphatic rings. The summed E-state index contributed by atoms with van der Waals surface area (Å²) >= 11 is 0. The van der Waals surface area contributed by atoms with Gasteiger partial charge in [0.1, 0.15) is 0 Å². The molecule has 0 aromatic heterocycles. The van der Waals surface area contributed by atoms with Crippen molar-refractivity contribution < 1.29 is 9.68 Å². The van der Waals surface area contributed by atoms with E-state index in [1.807, 2.05) is 66.7 Å². The highest BCUT2D eigenvalue weighted by molar-refractivity contribution is 6.60. The zero-order valence-electron chi connectivity index (χ0n) is 9.36. The van der Waals surface area contributed by atoms with Crippen LogP contribution in [0.5, 0.6) is 0 Å². The monoisotopic (exact) mass is 224 g/mol. The molecule has 0 aliphatic heterocycles. The molecule has 2 rings (SSSR count). The summed E-state index contributed by atoms with van der Waals surface area (Å²) in [6, 6.07) is 19.1. The molecular weight excluding hydrogens is 211 g/mol.